The highest BCUT2D eigenvalue weighted by Gasteiger charge is 2.14. The molecule has 0 saturated carbocycles. The van der Waals surface area contributed by atoms with Gasteiger partial charge in [-0.2, -0.15) is 8.42 Å². The average Bonchev–Trinajstić information content (AvgIpc) is 2.08. The van der Waals surface area contributed by atoms with Crippen molar-refractivity contribution in [1.82, 2.24) is 0 Å². The smallest absolute Gasteiger partial charge is 0.269 e. The first-order valence-electron chi connectivity index (χ1n) is 4.74. The van der Waals surface area contributed by atoms with E-state index in [1.54, 1.807) is 0 Å². The molecule has 1 aromatic carbocycles. The summed E-state index contributed by atoms with van der Waals surface area (Å²) in [7, 11) is -3.96. The van der Waals surface area contributed by atoms with Crippen molar-refractivity contribution >= 4 is 22.5 Å². The Hall–Kier alpha value is -0.580. The van der Waals surface area contributed by atoms with E-state index in [1.165, 1.54) is 0 Å². The van der Waals surface area contributed by atoms with Gasteiger partial charge in [0.25, 0.3) is 10.1 Å². The van der Waals surface area contributed by atoms with E-state index in [1.807, 2.05) is 33.8 Å². The molecule has 1 aromatic rings. The maximum absolute atomic E-state index is 10.9. The van der Waals surface area contributed by atoms with Crippen molar-refractivity contribution < 1.29 is 13.0 Å². The van der Waals surface area contributed by atoms with Crippen LogP contribution >= 0.6 is 12.4 Å². The summed E-state index contributed by atoms with van der Waals surface area (Å²) in [6.07, 6.45) is 0. The normalized spacial score (nSPS) is 11.1. The second-order valence-corrected chi connectivity index (χ2v) is 5.42. The molecule has 0 saturated heterocycles. The van der Waals surface area contributed by atoms with Crippen LogP contribution < -0.4 is 0 Å². The predicted molar refractivity (Wildman–Crippen MR) is 67.9 cm³/mol. The molecule has 1 rings (SSSR count). The molecule has 0 heterocycles. The van der Waals surface area contributed by atoms with Crippen LogP contribution in [-0.2, 0) is 15.9 Å². The van der Waals surface area contributed by atoms with Gasteiger partial charge in [-0.25, -0.2) is 0 Å². The molecule has 92 valence electrons. The summed E-state index contributed by atoms with van der Waals surface area (Å²) in [5.41, 5.74) is 4.70. The van der Waals surface area contributed by atoms with Crippen molar-refractivity contribution in [1.29, 1.82) is 0 Å². The van der Waals surface area contributed by atoms with Gasteiger partial charge in [0.05, 0.1) is 0 Å². The first-order chi connectivity index (χ1) is 6.72. The van der Waals surface area contributed by atoms with Gasteiger partial charge in [-0.1, -0.05) is 6.07 Å². The number of hydrogen-bond acceptors (Lipinski definition) is 2. The summed E-state index contributed by atoms with van der Waals surface area (Å²) in [5.74, 6) is -0.298. The zero-order valence-electron chi connectivity index (χ0n) is 9.86. The maximum atomic E-state index is 10.9. The summed E-state index contributed by atoms with van der Waals surface area (Å²) >= 11 is 0. The third-order valence-electron chi connectivity index (χ3n) is 2.85. The Morgan fingerprint density at radius 1 is 1.06 bits per heavy atom. The number of halogens is 1. The highest BCUT2D eigenvalue weighted by atomic mass is 35.5. The van der Waals surface area contributed by atoms with Crippen LogP contribution in [-0.4, -0.2) is 13.0 Å². The Morgan fingerprint density at radius 3 is 1.75 bits per heavy atom. The summed E-state index contributed by atoms with van der Waals surface area (Å²) in [6.45, 7) is 7.63. The van der Waals surface area contributed by atoms with Gasteiger partial charge >= 0.3 is 0 Å². The average molecular weight is 265 g/mol. The van der Waals surface area contributed by atoms with Crippen molar-refractivity contribution in [3.8, 4) is 0 Å². The minimum atomic E-state index is -3.96. The molecule has 0 spiro atoms. The standard InChI is InChI=1S/C11H16O3S.ClH/c1-7-5-8(2)10(4)11(9(7)3)6-15(12,13)14;/h5H,6H2,1-4H3,(H,12,13,14);1H. The second-order valence-electron chi connectivity index (χ2n) is 3.97. The molecule has 3 nitrogen and oxygen atoms in total. The summed E-state index contributed by atoms with van der Waals surface area (Å²) in [4.78, 5) is 0. The lowest BCUT2D eigenvalue weighted by atomic mass is 9.95. The molecule has 0 fully saturated rings. The minimum Gasteiger partial charge on any atom is -0.285 e. The molecule has 0 unspecified atom stereocenters. The second kappa shape index (κ2) is 5.17. The summed E-state index contributed by atoms with van der Waals surface area (Å²) < 4.78 is 30.6. The fraction of sp³-hybridized carbons (Fsp3) is 0.455. The van der Waals surface area contributed by atoms with Crippen LogP contribution in [0.4, 0.5) is 0 Å². The van der Waals surface area contributed by atoms with Gasteiger partial charge in [0, 0.05) is 0 Å². The molecule has 0 bridgehead atoms. The van der Waals surface area contributed by atoms with Crippen LogP contribution in [0.15, 0.2) is 6.07 Å². The number of rotatable bonds is 2. The number of benzene rings is 1. The van der Waals surface area contributed by atoms with Gasteiger partial charge in [0.15, 0.2) is 0 Å². The highest BCUT2D eigenvalue weighted by Crippen LogP contribution is 2.23. The fourth-order valence-electron chi connectivity index (χ4n) is 1.70. The molecule has 0 aliphatic carbocycles. The Balaban J connectivity index is 0.00000225. The molecule has 0 aromatic heterocycles. The van der Waals surface area contributed by atoms with E-state index in [0.29, 0.717) is 0 Å². The van der Waals surface area contributed by atoms with E-state index in [2.05, 4.69) is 0 Å². The summed E-state index contributed by atoms with van der Waals surface area (Å²) in [5, 5.41) is 0. The van der Waals surface area contributed by atoms with E-state index in [-0.39, 0.29) is 18.2 Å². The zero-order chi connectivity index (χ0) is 11.8. The van der Waals surface area contributed by atoms with Crippen LogP contribution in [0.25, 0.3) is 0 Å². The number of hydrogen-bond donors (Lipinski definition) is 1. The van der Waals surface area contributed by atoms with Gasteiger partial charge in [-0.15, -0.1) is 12.4 Å². The largest absolute Gasteiger partial charge is 0.285 e. The van der Waals surface area contributed by atoms with Crippen molar-refractivity contribution in [3.05, 3.63) is 33.9 Å². The lowest BCUT2D eigenvalue weighted by Gasteiger charge is -2.13. The van der Waals surface area contributed by atoms with Crippen molar-refractivity contribution in [3.63, 3.8) is 0 Å². The van der Waals surface area contributed by atoms with Gasteiger partial charge in [-0.3, -0.25) is 4.55 Å². The van der Waals surface area contributed by atoms with Crippen molar-refractivity contribution in [2.24, 2.45) is 0 Å². The molecule has 16 heavy (non-hydrogen) atoms. The fourth-order valence-corrected chi connectivity index (χ4v) is 2.50. The summed E-state index contributed by atoms with van der Waals surface area (Å²) in [6, 6.07) is 2.03. The Kier molecular flexibility index (Phi) is 4.98. The van der Waals surface area contributed by atoms with E-state index >= 15 is 0 Å². The molecule has 0 aliphatic heterocycles. The quantitative estimate of drug-likeness (QED) is 0.836. The lowest BCUT2D eigenvalue weighted by Crippen LogP contribution is -2.07. The molecular weight excluding hydrogens is 248 g/mol. The predicted octanol–water partition coefficient (Wildman–Crippen LogP) is 2.73. The molecule has 0 radical (unpaired) electrons. The third-order valence-corrected chi connectivity index (χ3v) is 3.50. The third kappa shape index (κ3) is 3.47. The van der Waals surface area contributed by atoms with E-state index in [4.69, 9.17) is 4.55 Å². The van der Waals surface area contributed by atoms with E-state index in [9.17, 15) is 8.42 Å². The monoisotopic (exact) mass is 264 g/mol. The van der Waals surface area contributed by atoms with Gasteiger partial charge < -0.3 is 0 Å². The molecule has 0 aliphatic rings. The van der Waals surface area contributed by atoms with E-state index in [0.717, 1.165) is 27.8 Å². The van der Waals surface area contributed by atoms with Gasteiger partial charge in [0.1, 0.15) is 5.75 Å². The van der Waals surface area contributed by atoms with Crippen molar-refractivity contribution in [2.45, 2.75) is 33.4 Å². The number of aryl methyl sites for hydroxylation is 2. The van der Waals surface area contributed by atoms with Crippen LogP contribution in [0.2, 0.25) is 0 Å². The topological polar surface area (TPSA) is 54.4 Å². The first kappa shape index (κ1) is 15.4. The Morgan fingerprint density at radius 2 is 1.44 bits per heavy atom. The SMILES string of the molecule is Cc1cc(C)c(C)c(CS(=O)(=O)O)c1C.Cl. The molecular formula is C11H17ClO3S. The van der Waals surface area contributed by atoms with Crippen LogP contribution in [0.1, 0.15) is 27.8 Å². The molecule has 1 N–H and O–H groups in total. The molecule has 0 atom stereocenters. The van der Waals surface area contributed by atoms with Crippen molar-refractivity contribution in [2.75, 3.05) is 0 Å². The van der Waals surface area contributed by atoms with E-state index < -0.39 is 10.1 Å². The minimum absolute atomic E-state index is 0. The van der Waals surface area contributed by atoms with Crippen LogP contribution in [0, 0.1) is 27.7 Å². The first-order valence-corrected chi connectivity index (χ1v) is 6.34. The van der Waals surface area contributed by atoms with Crippen LogP contribution in [0.5, 0.6) is 0 Å². The Labute approximate surface area is 103 Å². The molecule has 5 heteroatoms. The van der Waals surface area contributed by atoms with Gasteiger partial charge in [0.2, 0.25) is 0 Å². The Bertz CT molecular complexity index is 466. The zero-order valence-corrected chi connectivity index (χ0v) is 11.5. The highest BCUT2D eigenvalue weighted by molar-refractivity contribution is 7.85. The van der Waals surface area contributed by atoms with Gasteiger partial charge in [-0.05, 0) is 55.5 Å². The lowest BCUT2D eigenvalue weighted by molar-refractivity contribution is 0.482. The molecule has 0 amide bonds. The van der Waals surface area contributed by atoms with Crippen LogP contribution in [0.3, 0.4) is 0 Å². The maximum Gasteiger partial charge on any atom is 0.269 e.